The summed E-state index contributed by atoms with van der Waals surface area (Å²) in [7, 11) is 1.77. The summed E-state index contributed by atoms with van der Waals surface area (Å²) in [4.78, 5) is 2.67. The Morgan fingerprint density at radius 2 is 2.24 bits per heavy atom. The molecule has 2 aliphatic heterocycles. The Morgan fingerprint density at radius 1 is 1.33 bits per heavy atom. The molecule has 1 aromatic carbocycles. The lowest BCUT2D eigenvalue weighted by atomic mass is 9.97. The smallest absolute Gasteiger partial charge is 0.123 e. The number of hydrogen-bond acceptors (Lipinski definition) is 3. The molecule has 2 unspecified atom stereocenters. The molecule has 3 nitrogen and oxygen atoms in total. The molecule has 0 amide bonds. The molecule has 1 aromatic rings. The Morgan fingerprint density at radius 3 is 3.00 bits per heavy atom. The van der Waals surface area contributed by atoms with Gasteiger partial charge in [0.15, 0.2) is 0 Å². The molecule has 1 N–H and O–H groups in total. The van der Waals surface area contributed by atoms with Crippen molar-refractivity contribution >= 4 is 15.9 Å². The van der Waals surface area contributed by atoms with Gasteiger partial charge in [0.05, 0.1) is 7.11 Å². The molecular formula is C17H25BrN2O. The number of hydrogen-bond donors (Lipinski definition) is 1. The van der Waals surface area contributed by atoms with Crippen LogP contribution in [0.5, 0.6) is 5.75 Å². The lowest BCUT2D eigenvalue weighted by Crippen LogP contribution is -2.38. The Kier molecular flexibility index (Phi) is 5.19. The topological polar surface area (TPSA) is 24.5 Å². The standard InChI is InChI=1S/C17H25BrN2O/c1-21-17-7-6-14(18)10-15(17)16-5-3-9-20(16)12-13-4-2-8-19-11-13/h6-7,10,13,16,19H,2-5,8-9,11-12H2,1H3. The molecule has 2 saturated heterocycles. The Bertz CT molecular complexity index is 474. The van der Waals surface area contributed by atoms with Crippen molar-refractivity contribution in [3.05, 3.63) is 28.2 Å². The van der Waals surface area contributed by atoms with E-state index >= 15 is 0 Å². The molecule has 116 valence electrons. The summed E-state index contributed by atoms with van der Waals surface area (Å²) in [6, 6.07) is 6.89. The minimum absolute atomic E-state index is 0.513. The van der Waals surface area contributed by atoms with Crippen LogP contribution in [0.1, 0.15) is 37.3 Å². The number of piperidine rings is 1. The van der Waals surface area contributed by atoms with Gasteiger partial charge in [-0.3, -0.25) is 4.90 Å². The predicted molar refractivity (Wildman–Crippen MR) is 89.8 cm³/mol. The fraction of sp³-hybridized carbons (Fsp3) is 0.647. The zero-order valence-corrected chi connectivity index (χ0v) is 14.4. The van der Waals surface area contributed by atoms with E-state index in [0.29, 0.717) is 6.04 Å². The van der Waals surface area contributed by atoms with Gasteiger partial charge in [-0.05, 0) is 69.4 Å². The van der Waals surface area contributed by atoms with E-state index in [1.807, 2.05) is 0 Å². The molecule has 2 aliphatic rings. The lowest BCUT2D eigenvalue weighted by molar-refractivity contribution is 0.193. The van der Waals surface area contributed by atoms with Gasteiger partial charge in [0, 0.05) is 22.6 Å². The first-order valence-corrected chi connectivity index (χ1v) is 8.85. The van der Waals surface area contributed by atoms with Crippen molar-refractivity contribution in [1.29, 1.82) is 0 Å². The van der Waals surface area contributed by atoms with Crippen LogP contribution >= 0.6 is 15.9 Å². The van der Waals surface area contributed by atoms with Crippen LogP contribution in [-0.4, -0.2) is 38.2 Å². The average molecular weight is 353 g/mol. The van der Waals surface area contributed by atoms with Gasteiger partial charge in [0.1, 0.15) is 5.75 Å². The minimum atomic E-state index is 0.513. The van der Waals surface area contributed by atoms with Gasteiger partial charge in [-0.1, -0.05) is 15.9 Å². The van der Waals surface area contributed by atoms with E-state index in [0.717, 1.165) is 16.1 Å². The third kappa shape index (κ3) is 3.61. The van der Waals surface area contributed by atoms with Crippen molar-refractivity contribution in [1.82, 2.24) is 10.2 Å². The van der Waals surface area contributed by atoms with Crippen LogP contribution in [-0.2, 0) is 0 Å². The Labute approximate surface area is 136 Å². The van der Waals surface area contributed by atoms with Crippen LogP contribution in [0.25, 0.3) is 0 Å². The first kappa shape index (κ1) is 15.3. The molecular weight excluding hydrogens is 328 g/mol. The number of nitrogens with zero attached hydrogens (tertiary/aromatic N) is 1. The zero-order chi connectivity index (χ0) is 14.7. The van der Waals surface area contributed by atoms with E-state index in [2.05, 4.69) is 44.3 Å². The number of likely N-dealkylation sites (tertiary alicyclic amines) is 1. The van der Waals surface area contributed by atoms with Gasteiger partial charge >= 0.3 is 0 Å². The summed E-state index contributed by atoms with van der Waals surface area (Å²) in [5.74, 6) is 1.83. The number of benzene rings is 1. The molecule has 4 heteroatoms. The molecule has 2 fully saturated rings. The van der Waals surface area contributed by atoms with Crippen LogP contribution in [0.3, 0.4) is 0 Å². The molecule has 0 radical (unpaired) electrons. The van der Waals surface area contributed by atoms with Crippen LogP contribution in [0.4, 0.5) is 0 Å². The van der Waals surface area contributed by atoms with E-state index in [4.69, 9.17) is 4.74 Å². The summed E-state index contributed by atoms with van der Waals surface area (Å²) in [5, 5.41) is 3.54. The third-order valence-electron chi connectivity index (χ3n) is 4.81. The van der Waals surface area contributed by atoms with Crippen molar-refractivity contribution < 1.29 is 4.74 Å². The van der Waals surface area contributed by atoms with Crippen molar-refractivity contribution in [3.63, 3.8) is 0 Å². The second-order valence-corrected chi connectivity index (χ2v) is 7.17. The average Bonchev–Trinajstić information content (AvgIpc) is 2.96. The van der Waals surface area contributed by atoms with Crippen LogP contribution in [0.15, 0.2) is 22.7 Å². The highest BCUT2D eigenvalue weighted by Gasteiger charge is 2.30. The Hall–Kier alpha value is -0.580. The molecule has 3 rings (SSSR count). The number of ether oxygens (including phenoxy) is 1. The minimum Gasteiger partial charge on any atom is -0.496 e. The highest BCUT2D eigenvalue weighted by Crippen LogP contribution is 2.39. The highest BCUT2D eigenvalue weighted by atomic mass is 79.9. The monoisotopic (exact) mass is 352 g/mol. The van der Waals surface area contributed by atoms with Crippen LogP contribution < -0.4 is 10.1 Å². The van der Waals surface area contributed by atoms with E-state index in [1.165, 1.54) is 57.4 Å². The van der Waals surface area contributed by atoms with Crippen LogP contribution in [0, 0.1) is 5.92 Å². The molecule has 0 saturated carbocycles. The maximum absolute atomic E-state index is 5.59. The number of rotatable bonds is 4. The SMILES string of the molecule is COc1ccc(Br)cc1C1CCCN1CC1CCCNC1. The molecule has 2 heterocycles. The van der Waals surface area contributed by atoms with Gasteiger partial charge in [0.2, 0.25) is 0 Å². The summed E-state index contributed by atoms with van der Waals surface area (Å²) in [5.41, 5.74) is 1.34. The van der Waals surface area contributed by atoms with Crippen molar-refractivity contribution in [2.45, 2.75) is 31.7 Å². The van der Waals surface area contributed by atoms with Gasteiger partial charge in [-0.25, -0.2) is 0 Å². The van der Waals surface area contributed by atoms with Crippen molar-refractivity contribution in [3.8, 4) is 5.75 Å². The first-order valence-electron chi connectivity index (χ1n) is 8.06. The normalized spacial score (nSPS) is 27.0. The molecule has 21 heavy (non-hydrogen) atoms. The maximum atomic E-state index is 5.59. The van der Waals surface area contributed by atoms with Crippen LogP contribution in [0.2, 0.25) is 0 Å². The summed E-state index contributed by atoms with van der Waals surface area (Å²) in [6.45, 7) is 4.81. The maximum Gasteiger partial charge on any atom is 0.123 e. The predicted octanol–water partition coefficient (Wildman–Crippen LogP) is 3.59. The molecule has 0 bridgehead atoms. The number of halogens is 1. The molecule has 0 aliphatic carbocycles. The summed E-state index contributed by atoms with van der Waals surface area (Å²) >= 11 is 3.61. The zero-order valence-electron chi connectivity index (χ0n) is 12.8. The molecule has 0 spiro atoms. The van der Waals surface area contributed by atoms with Gasteiger partial charge in [-0.2, -0.15) is 0 Å². The fourth-order valence-corrected chi connectivity index (χ4v) is 4.15. The largest absolute Gasteiger partial charge is 0.496 e. The van der Waals surface area contributed by atoms with Crippen molar-refractivity contribution in [2.24, 2.45) is 5.92 Å². The fourth-order valence-electron chi connectivity index (χ4n) is 3.77. The lowest BCUT2D eigenvalue weighted by Gasteiger charge is -2.32. The van der Waals surface area contributed by atoms with Gasteiger partial charge in [-0.15, -0.1) is 0 Å². The second-order valence-electron chi connectivity index (χ2n) is 6.25. The molecule has 2 atom stereocenters. The van der Waals surface area contributed by atoms with E-state index < -0.39 is 0 Å². The summed E-state index contributed by atoms with van der Waals surface area (Å²) in [6.07, 6.45) is 5.22. The van der Waals surface area contributed by atoms with Gasteiger partial charge < -0.3 is 10.1 Å². The van der Waals surface area contributed by atoms with E-state index in [-0.39, 0.29) is 0 Å². The Balaban J connectivity index is 1.75. The number of nitrogens with one attached hydrogen (secondary N) is 1. The second kappa shape index (κ2) is 7.12. The third-order valence-corrected chi connectivity index (χ3v) is 5.30. The summed E-state index contributed by atoms with van der Waals surface area (Å²) < 4.78 is 6.73. The van der Waals surface area contributed by atoms with Crippen molar-refractivity contribution in [2.75, 3.05) is 33.3 Å². The number of methoxy groups -OCH3 is 1. The van der Waals surface area contributed by atoms with Gasteiger partial charge in [0.25, 0.3) is 0 Å². The first-order chi connectivity index (χ1) is 10.3. The highest BCUT2D eigenvalue weighted by molar-refractivity contribution is 9.10. The van der Waals surface area contributed by atoms with E-state index in [9.17, 15) is 0 Å². The molecule has 0 aromatic heterocycles. The quantitative estimate of drug-likeness (QED) is 0.895. The van der Waals surface area contributed by atoms with E-state index in [1.54, 1.807) is 7.11 Å².